The number of rotatable bonds is 6. The van der Waals surface area contributed by atoms with E-state index in [2.05, 4.69) is 20.6 Å². The van der Waals surface area contributed by atoms with Crippen molar-refractivity contribution >= 4 is 17.4 Å². The van der Waals surface area contributed by atoms with Crippen molar-refractivity contribution in [1.29, 1.82) is 0 Å². The van der Waals surface area contributed by atoms with E-state index in [1.807, 2.05) is 31.2 Å². The Bertz CT molecular complexity index is 658. The van der Waals surface area contributed by atoms with Crippen LogP contribution < -0.4 is 10.6 Å². The average molecular weight is 300 g/mol. The smallest absolute Gasteiger partial charge is 0.270 e. The van der Waals surface area contributed by atoms with Crippen molar-refractivity contribution in [2.24, 2.45) is 0 Å². The van der Waals surface area contributed by atoms with Crippen LogP contribution in [-0.4, -0.2) is 36.1 Å². The van der Waals surface area contributed by atoms with Gasteiger partial charge >= 0.3 is 0 Å². The van der Waals surface area contributed by atoms with Gasteiger partial charge < -0.3 is 15.4 Å². The van der Waals surface area contributed by atoms with Crippen molar-refractivity contribution in [3.05, 3.63) is 47.4 Å². The maximum absolute atomic E-state index is 12.0. The number of aromatic nitrogens is 2. The predicted octanol–water partition coefficient (Wildman–Crippen LogP) is 2.21. The first kappa shape index (κ1) is 15.9. The molecule has 1 aromatic heterocycles. The van der Waals surface area contributed by atoms with Crippen molar-refractivity contribution in [2.45, 2.75) is 13.8 Å². The molecule has 0 saturated heterocycles. The number of aryl methyl sites for hydroxylation is 2. The van der Waals surface area contributed by atoms with Crippen LogP contribution in [0.3, 0.4) is 0 Å². The van der Waals surface area contributed by atoms with E-state index in [-0.39, 0.29) is 5.91 Å². The molecule has 0 fully saturated rings. The number of methoxy groups -OCH3 is 1. The maximum atomic E-state index is 12.0. The number of carbonyl (C=O) groups is 1. The van der Waals surface area contributed by atoms with Crippen LogP contribution in [0.5, 0.6) is 0 Å². The number of hydrogen-bond acceptors (Lipinski definition) is 5. The van der Waals surface area contributed by atoms with Crippen LogP contribution in [0.1, 0.15) is 21.9 Å². The van der Waals surface area contributed by atoms with Crippen LogP contribution in [0.2, 0.25) is 0 Å². The zero-order chi connectivity index (χ0) is 15.9. The lowest BCUT2D eigenvalue weighted by Gasteiger charge is -2.09. The van der Waals surface area contributed by atoms with E-state index in [0.717, 1.165) is 11.3 Å². The fourth-order valence-electron chi connectivity index (χ4n) is 1.98. The maximum Gasteiger partial charge on any atom is 0.270 e. The summed E-state index contributed by atoms with van der Waals surface area (Å²) in [4.78, 5) is 20.5. The van der Waals surface area contributed by atoms with Gasteiger partial charge in [0.05, 0.1) is 6.61 Å². The Morgan fingerprint density at radius 3 is 2.77 bits per heavy atom. The van der Waals surface area contributed by atoms with Gasteiger partial charge in [-0.05, 0) is 31.5 Å². The van der Waals surface area contributed by atoms with Crippen molar-refractivity contribution in [1.82, 2.24) is 15.3 Å². The summed E-state index contributed by atoms with van der Waals surface area (Å²) in [6, 6.07) is 9.57. The topological polar surface area (TPSA) is 76.1 Å². The molecule has 22 heavy (non-hydrogen) atoms. The van der Waals surface area contributed by atoms with Gasteiger partial charge in [0.1, 0.15) is 17.3 Å². The Morgan fingerprint density at radius 2 is 2.05 bits per heavy atom. The highest BCUT2D eigenvalue weighted by Gasteiger charge is 2.10. The van der Waals surface area contributed by atoms with Gasteiger partial charge in [0.25, 0.3) is 5.91 Å². The summed E-state index contributed by atoms with van der Waals surface area (Å²) in [6.07, 6.45) is 0. The first-order valence-corrected chi connectivity index (χ1v) is 7.05. The molecule has 6 nitrogen and oxygen atoms in total. The Hall–Kier alpha value is -2.47. The zero-order valence-electron chi connectivity index (χ0n) is 13.0. The largest absolute Gasteiger partial charge is 0.383 e. The lowest BCUT2D eigenvalue weighted by Crippen LogP contribution is -2.28. The molecule has 2 N–H and O–H groups in total. The van der Waals surface area contributed by atoms with Crippen molar-refractivity contribution in [3.8, 4) is 0 Å². The summed E-state index contributed by atoms with van der Waals surface area (Å²) < 4.78 is 4.91. The van der Waals surface area contributed by atoms with Crippen LogP contribution in [0.4, 0.5) is 11.5 Å². The molecule has 0 aliphatic heterocycles. The number of amides is 1. The fourth-order valence-corrected chi connectivity index (χ4v) is 1.98. The summed E-state index contributed by atoms with van der Waals surface area (Å²) in [5, 5.41) is 5.94. The standard InChI is InChI=1S/C16H20N4O2/c1-11-5-4-6-13(9-11)20-15-10-14(18-12(2)19-15)16(21)17-7-8-22-3/h4-6,9-10H,7-8H2,1-3H3,(H,17,21)(H,18,19,20). The number of ether oxygens (including phenoxy) is 1. The van der Waals surface area contributed by atoms with E-state index < -0.39 is 0 Å². The number of hydrogen-bond donors (Lipinski definition) is 2. The van der Waals surface area contributed by atoms with E-state index in [4.69, 9.17) is 4.74 Å². The third kappa shape index (κ3) is 4.53. The zero-order valence-corrected chi connectivity index (χ0v) is 13.0. The number of carbonyl (C=O) groups excluding carboxylic acids is 1. The van der Waals surface area contributed by atoms with E-state index in [0.29, 0.717) is 30.5 Å². The molecule has 0 aliphatic rings. The summed E-state index contributed by atoms with van der Waals surface area (Å²) in [5.74, 6) is 0.888. The first-order valence-electron chi connectivity index (χ1n) is 7.05. The Kier molecular flexibility index (Phi) is 5.43. The summed E-state index contributed by atoms with van der Waals surface area (Å²) in [6.45, 7) is 4.68. The predicted molar refractivity (Wildman–Crippen MR) is 85.4 cm³/mol. The third-order valence-electron chi connectivity index (χ3n) is 2.95. The van der Waals surface area contributed by atoms with Gasteiger partial charge in [-0.25, -0.2) is 9.97 Å². The lowest BCUT2D eigenvalue weighted by atomic mass is 10.2. The third-order valence-corrected chi connectivity index (χ3v) is 2.95. The fraction of sp³-hybridized carbons (Fsp3) is 0.312. The van der Waals surface area contributed by atoms with Gasteiger partial charge in [-0.15, -0.1) is 0 Å². The minimum atomic E-state index is -0.241. The van der Waals surface area contributed by atoms with Gasteiger partial charge in [0, 0.05) is 25.4 Å². The monoisotopic (exact) mass is 300 g/mol. The molecular weight excluding hydrogens is 280 g/mol. The van der Waals surface area contributed by atoms with Gasteiger partial charge in [-0.3, -0.25) is 4.79 Å². The first-order chi connectivity index (χ1) is 10.6. The minimum Gasteiger partial charge on any atom is -0.383 e. The van der Waals surface area contributed by atoms with E-state index in [1.165, 1.54) is 0 Å². The molecule has 0 aliphatic carbocycles. The van der Waals surface area contributed by atoms with Crippen LogP contribution in [0.25, 0.3) is 0 Å². The van der Waals surface area contributed by atoms with Gasteiger partial charge in [0.15, 0.2) is 0 Å². The SMILES string of the molecule is COCCNC(=O)c1cc(Nc2cccc(C)c2)nc(C)n1. The van der Waals surface area contributed by atoms with Crippen LogP contribution >= 0.6 is 0 Å². The van der Waals surface area contributed by atoms with Gasteiger partial charge in [-0.2, -0.15) is 0 Å². The number of anilines is 2. The number of benzene rings is 1. The van der Waals surface area contributed by atoms with Gasteiger partial charge in [0.2, 0.25) is 0 Å². The molecule has 0 spiro atoms. The Balaban J connectivity index is 2.14. The molecule has 1 aromatic carbocycles. The average Bonchev–Trinajstić information content (AvgIpc) is 2.46. The summed E-state index contributed by atoms with van der Waals surface area (Å²) in [5.41, 5.74) is 2.40. The number of nitrogens with zero attached hydrogens (tertiary/aromatic N) is 2. The van der Waals surface area contributed by atoms with E-state index in [9.17, 15) is 4.79 Å². The molecule has 0 bridgehead atoms. The highest BCUT2D eigenvalue weighted by Crippen LogP contribution is 2.16. The molecule has 0 atom stereocenters. The van der Waals surface area contributed by atoms with Crippen molar-refractivity contribution in [2.75, 3.05) is 25.6 Å². The second kappa shape index (κ2) is 7.51. The molecule has 2 aromatic rings. The summed E-state index contributed by atoms with van der Waals surface area (Å²) in [7, 11) is 1.59. The lowest BCUT2D eigenvalue weighted by molar-refractivity contribution is 0.0932. The van der Waals surface area contributed by atoms with Crippen LogP contribution in [0, 0.1) is 13.8 Å². The van der Waals surface area contributed by atoms with Crippen LogP contribution in [-0.2, 0) is 4.74 Å². The van der Waals surface area contributed by atoms with Crippen molar-refractivity contribution < 1.29 is 9.53 Å². The summed E-state index contributed by atoms with van der Waals surface area (Å²) >= 11 is 0. The second-order valence-corrected chi connectivity index (χ2v) is 4.93. The molecule has 6 heteroatoms. The molecule has 0 radical (unpaired) electrons. The Labute approximate surface area is 129 Å². The Morgan fingerprint density at radius 1 is 1.23 bits per heavy atom. The van der Waals surface area contributed by atoms with E-state index in [1.54, 1.807) is 20.1 Å². The minimum absolute atomic E-state index is 0.241. The van der Waals surface area contributed by atoms with Crippen molar-refractivity contribution in [3.63, 3.8) is 0 Å². The van der Waals surface area contributed by atoms with Gasteiger partial charge in [-0.1, -0.05) is 12.1 Å². The van der Waals surface area contributed by atoms with Crippen LogP contribution in [0.15, 0.2) is 30.3 Å². The van der Waals surface area contributed by atoms with E-state index >= 15 is 0 Å². The highest BCUT2D eigenvalue weighted by atomic mass is 16.5. The molecule has 2 rings (SSSR count). The highest BCUT2D eigenvalue weighted by molar-refractivity contribution is 5.93. The molecule has 1 amide bonds. The quantitative estimate of drug-likeness (QED) is 0.800. The second-order valence-electron chi connectivity index (χ2n) is 4.93. The molecule has 1 heterocycles. The normalized spacial score (nSPS) is 10.3. The molecule has 0 saturated carbocycles. The molecule has 116 valence electrons. The molecule has 0 unspecified atom stereocenters. The molecular formula is C16H20N4O2. The number of nitrogens with one attached hydrogen (secondary N) is 2.